The van der Waals surface area contributed by atoms with Gasteiger partial charge in [0.1, 0.15) is 5.52 Å². The third-order valence-corrected chi connectivity index (χ3v) is 5.07. The fourth-order valence-corrected chi connectivity index (χ4v) is 3.37. The minimum atomic E-state index is -0.206. The molecule has 0 radical (unpaired) electrons. The van der Waals surface area contributed by atoms with Crippen molar-refractivity contribution in [2.45, 2.75) is 19.8 Å². The van der Waals surface area contributed by atoms with Gasteiger partial charge in [-0.05, 0) is 63.3 Å². The number of hydrogen-bond donors (Lipinski definition) is 1. The van der Waals surface area contributed by atoms with Gasteiger partial charge in [-0.25, -0.2) is 4.98 Å². The van der Waals surface area contributed by atoms with E-state index in [1.165, 1.54) is 11.6 Å². The molecule has 0 aliphatic carbocycles. The van der Waals surface area contributed by atoms with Crippen molar-refractivity contribution in [3.05, 3.63) is 82.6 Å². The molecule has 0 atom stereocenters. The molecule has 150 valence electrons. The zero-order valence-electron chi connectivity index (χ0n) is 16.6. The van der Waals surface area contributed by atoms with Crippen LogP contribution in [0.1, 0.15) is 30.9 Å². The summed E-state index contributed by atoms with van der Waals surface area (Å²) in [5.74, 6) is 0.757. The van der Waals surface area contributed by atoms with Crippen LogP contribution in [-0.4, -0.2) is 15.9 Å². The Morgan fingerprint density at radius 3 is 2.63 bits per heavy atom. The molecule has 6 heteroatoms. The van der Waals surface area contributed by atoms with Crippen LogP contribution in [0.25, 0.3) is 28.6 Å². The van der Waals surface area contributed by atoms with E-state index in [1.807, 2.05) is 18.2 Å². The summed E-state index contributed by atoms with van der Waals surface area (Å²) >= 11 is 3.40. The van der Waals surface area contributed by atoms with E-state index in [4.69, 9.17) is 4.42 Å². The summed E-state index contributed by atoms with van der Waals surface area (Å²) in [5, 5.41) is 2.86. The zero-order valence-corrected chi connectivity index (χ0v) is 18.2. The van der Waals surface area contributed by atoms with Gasteiger partial charge in [0.2, 0.25) is 11.8 Å². The van der Waals surface area contributed by atoms with E-state index < -0.39 is 0 Å². The number of nitrogens with zero attached hydrogens (tertiary/aromatic N) is 2. The molecule has 0 saturated heterocycles. The number of rotatable bonds is 5. The van der Waals surface area contributed by atoms with Gasteiger partial charge >= 0.3 is 0 Å². The summed E-state index contributed by atoms with van der Waals surface area (Å²) in [4.78, 5) is 21.0. The summed E-state index contributed by atoms with van der Waals surface area (Å²) in [7, 11) is 0. The third-order valence-electron chi connectivity index (χ3n) is 4.64. The average molecular weight is 462 g/mol. The average Bonchev–Trinajstić information content (AvgIpc) is 3.16. The summed E-state index contributed by atoms with van der Waals surface area (Å²) in [5.41, 5.74) is 4.99. The van der Waals surface area contributed by atoms with Gasteiger partial charge in [-0.3, -0.25) is 9.78 Å². The zero-order chi connectivity index (χ0) is 21.1. The van der Waals surface area contributed by atoms with E-state index >= 15 is 0 Å². The Balaban J connectivity index is 1.47. The van der Waals surface area contributed by atoms with Crippen LogP contribution in [0.15, 0.2) is 75.9 Å². The number of pyridine rings is 1. The standard InChI is InChI=1S/C24H20BrN3O2/c1-15(2)17-6-3-16(4-7-17)5-10-23(29)27-20-8-9-22-21(12-20)28-24(30-22)18-11-19(25)14-26-13-18/h3-15H,1-2H3,(H,27,29). The number of amides is 1. The Kier molecular flexibility index (Phi) is 5.77. The number of fused-ring (bicyclic) bond motifs is 1. The Morgan fingerprint density at radius 2 is 1.90 bits per heavy atom. The van der Waals surface area contributed by atoms with Crippen molar-refractivity contribution in [2.24, 2.45) is 0 Å². The van der Waals surface area contributed by atoms with Crippen LogP contribution in [-0.2, 0) is 4.79 Å². The molecule has 1 N–H and O–H groups in total. The third kappa shape index (κ3) is 4.66. The van der Waals surface area contributed by atoms with Crippen molar-refractivity contribution in [2.75, 3.05) is 5.32 Å². The van der Waals surface area contributed by atoms with Gasteiger partial charge in [-0.15, -0.1) is 0 Å². The number of halogens is 1. The first-order chi connectivity index (χ1) is 14.5. The lowest BCUT2D eigenvalue weighted by Crippen LogP contribution is -2.07. The van der Waals surface area contributed by atoms with E-state index in [-0.39, 0.29) is 5.91 Å². The van der Waals surface area contributed by atoms with Gasteiger partial charge in [-0.1, -0.05) is 38.1 Å². The molecule has 4 rings (SSSR count). The second kappa shape index (κ2) is 8.63. The van der Waals surface area contributed by atoms with Gasteiger partial charge < -0.3 is 9.73 Å². The van der Waals surface area contributed by atoms with Crippen molar-refractivity contribution in [1.29, 1.82) is 0 Å². The molecule has 0 unspecified atom stereocenters. The lowest BCUT2D eigenvalue weighted by molar-refractivity contribution is -0.111. The minimum Gasteiger partial charge on any atom is -0.436 e. The van der Waals surface area contributed by atoms with E-state index in [2.05, 4.69) is 57.2 Å². The first-order valence-corrected chi connectivity index (χ1v) is 10.4. The molecular formula is C24H20BrN3O2. The predicted octanol–water partition coefficient (Wildman–Crippen LogP) is 6.43. The molecule has 0 bridgehead atoms. The number of carbonyl (C=O) groups is 1. The first-order valence-electron chi connectivity index (χ1n) is 9.58. The molecule has 0 spiro atoms. The molecule has 2 aromatic heterocycles. The maximum atomic E-state index is 12.3. The Labute approximate surface area is 183 Å². The molecule has 30 heavy (non-hydrogen) atoms. The molecule has 0 aliphatic rings. The van der Waals surface area contributed by atoms with Gasteiger partial charge in [0.25, 0.3) is 0 Å². The van der Waals surface area contributed by atoms with Crippen LogP contribution in [0.3, 0.4) is 0 Å². The van der Waals surface area contributed by atoms with Crippen molar-refractivity contribution >= 4 is 44.7 Å². The number of hydrogen-bond acceptors (Lipinski definition) is 4. The fourth-order valence-electron chi connectivity index (χ4n) is 3.01. The predicted molar refractivity (Wildman–Crippen MR) is 123 cm³/mol. The second-order valence-corrected chi connectivity index (χ2v) is 8.15. The topological polar surface area (TPSA) is 68.0 Å². The monoisotopic (exact) mass is 461 g/mol. The van der Waals surface area contributed by atoms with Crippen molar-refractivity contribution < 1.29 is 9.21 Å². The van der Waals surface area contributed by atoms with Crippen LogP contribution in [0, 0.1) is 0 Å². The maximum absolute atomic E-state index is 12.3. The van der Waals surface area contributed by atoms with E-state index in [0.29, 0.717) is 28.6 Å². The smallest absolute Gasteiger partial charge is 0.248 e. The van der Waals surface area contributed by atoms with Gasteiger partial charge in [-0.2, -0.15) is 0 Å². The summed E-state index contributed by atoms with van der Waals surface area (Å²) in [6, 6.07) is 15.5. The van der Waals surface area contributed by atoms with Crippen molar-refractivity contribution in [3.63, 3.8) is 0 Å². The number of nitrogens with one attached hydrogen (secondary N) is 1. The normalized spacial score (nSPS) is 11.5. The largest absolute Gasteiger partial charge is 0.436 e. The molecule has 2 aromatic carbocycles. The molecule has 0 saturated carbocycles. The van der Waals surface area contributed by atoms with Crippen LogP contribution in [0.2, 0.25) is 0 Å². The van der Waals surface area contributed by atoms with Crippen LogP contribution in [0.5, 0.6) is 0 Å². The number of aromatic nitrogens is 2. The summed E-state index contributed by atoms with van der Waals surface area (Å²) in [6.07, 6.45) is 6.71. The maximum Gasteiger partial charge on any atom is 0.248 e. The molecule has 5 nitrogen and oxygen atoms in total. The highest BCUT2D eigenvalue weighted by Crippen LogP contribution is 2.27. The van der Waals surface area contributed by atoms with Gasteiger partial charge in [0.15, 0.2) is 5.58 Å². The lowest BCUT2D eigenvalue weighted by Gasteiger charge is -2.04. The van der Waals surface area contributed by atoms with Crippen molar-refractivity contribution in [3.8, 4) is 11.5 Å². The van der Waals surface area contributed by atoms with Crippen LogP contribution in [0.4, 0.5) is 5.69 Å². The number of anilines is 1. The van der Waals surface area contributed by atoms with Crippen molar-refractivity contribution in [1.82, 2.24) is 9.97 Å². The molecular weight excluding hydrogens is 442 g/mol. The van der Waals surface area contributed by atoms with E-state index in [1.54, 1.807) is 36.7 Å². The number of benzene rings is 2. The Morgan fingerprint density at radius 1 is 1.10 bits per heavy atom. The van der Waals surface area contributed by atoms with Gasteiger partial charge in [0.05, 0.1) is 5.56 Å². The molecule has 2 heterocycles. The molecule has 4 aromatic rings. The molecule has 1 amide bonds. The van der Waals surface area contributed by atoms with E-state index in [0.717, 1.165) is 15.6 Å². The SMILES string of the molecule is CC(C)c1ccc(C=CC(=O)Nc2ccc3oc(-c4cncc(Br)c4)nc3c2)cc1. The van der Waals surface area contributed by atoms with E-state index in [9.17, 15) is 4.79 Å². The van der Waals surface area contributed by atoms with Crippen LogP contribution >= 0.6 is 15.9 Å². The minimum absolute atomic E-state index is 0.206. The number of oxazole rings is 1. The van der Waals surface area contributed by atoms with Gasteiger partial charge in [0, 0.05) is 28.6 Å². The number of carbonyl (C=O) groups excluding carboxylic acids is 1. The second-order valence-electron chi connectivity index (χ2n) is 7.24. The Hall–Kier alpha value is -3.25. The summed E-state index contributed by atoms with van der Waals surface area (Å²) in [6.45, 7) is 4.31. The first kappa shape index (κ1) is 20.0. The fraction of sp³-hybridized carbons (Fsp3) is 0.125. The quantitative estimate of drug-likeness (QED) is 0.347. The highest BCUT2D eigenvalue weighted by molar-refractivity contribution is 9.10. The highest BCUT2D eigenvalue weighted by atomic mass is 79.9. The summed E-state index contributed by atoms with van der Waals surface area (Å²) < 4.78 is 6.65. The Bertz CT molecular complexity index is 1230. The molecule has 0 fully saturated rings. The molecule has 0 aliphatic heterocycles. The lowest BCUT2D eigenvalue weighted by atomic mass is 10.0. The van der Waals surface area contributed by atoms with Crippen LogP contribution < -0.4 is 5.32 Å². The highest BCUT2D eigenvalue weighted by Gasteiger charge is 2.10.